The quantitative estimate of drug-likeness (QED) is 0.461. The molecule has 0 aliphatic carbocycles. The third-order valence-corrected chi connectivity index (χ3v) is 4.43. The Labute approximate surface area is 152 Å². The fraction of sp³-hybridized carbons (Fsp3) is 0.435. The Balaban J connectivity index is 1.82. The lowest BCUT2D eigenvalue weighted by atomic mass is 9.84. The predicted molar refractivity (Wildman–Crippen MR) is 104 cm³/mol. The normalized spacial score (nSPS) is 12.6. The lowest BCUT2D eigenvalue weighted by molar-refractivity contribution is 0.0317. The number of aryl methyl sites for hydroxylation is 1. The molecular formula is C23H30O2. The molecular weight excluding hydrogens is 308 g/mol. The molecule has 0 saturated heterocycles. The van der Waals surface area contributed by atoms with Gasteiger partial charge in [0.15, 0.2) is 0 Å². The standard InChI is InChI=1S/C23H30O2/c1-18(12-8-9-15-19-13-6-5-7-14-19)25-22(24)20-16-10-11-17-21(20)23(2,3)4/h5-7,10-11,13-14,16-18H,8-9,12,15H2,1-4H3. The highest BCUT2D eigenvalue weighted by atomic mass is 16.5. The Hall–Kier alpha value is -2.09. The summed E-state index contributed by atoms with van der Waals surface area (Å²) < 4.78 is 5.69. The number of rotatable bonds is 7. The maximum absolute atomic E-state index is 12.6. The van der Waals surface area contributed by atoms with Gasteiger partial charge in [-0.2, -0.15) is 0 Å². The highest BCUT2D eigenvalue weighted by Gasteiger charge is 2.22. The predicted octanol–water partition coefficient (Wildman–Crippen LogP) is 5.94. The van der Waals surface area contributed by atoms with Crippen molar-refractivity contribution in [1.29, 1.82) is 0 Å². The van der Waals surface area contributed by atoms with Crippen molar-refractivity contribution in [2.24, 2.45) is 0 Å². The van der Waals surface area contributed by atoms with Gasteiger partial charge in [0, 0.05) is 0 Å². The van der Waals surface area contributed by atoms with E-state index in [9.17, 15) is 4.79 Å². The molecule has 1 atom stereocenters. The summed E-state index contributed by atoms with van der Waals surface area (Å²) in [5, 5.41) is 0. The molecule has 0 radical (unpaired) electrons. The van der Waals surface area contributed by atoms with E-state index in [1.807, 2.05) is 37.3 Å². The zero-order valence-corrected chi connectivity index (χ0v) is 15.9. The zero-order valence-electron chi connectivity index (χ0n) is 15.9. The maximum atomic E-state index is 12.6. The summed E-state index contributed by atoms with van der Waals surface area (Å²) in [7, 11) is 0. The van der Waals surface area contributed by atoms with Crippen LogP contribution in [0.5, 0.6) is 0 Å². The number of hydrogen-bond donors (Lipinski definition) is 0. The highest BCUT2D eigenvalue weighted by molar-refractivity contribution is 5.91. The van der Waals surface area contributed by atoms with Crippen LogP contribution in [0.4, 0.5) is 0 Å². The van der Waals surface area contributed by atoms with Crippen molar-refractivity contribution < 1.29 is 9.53 Å². The van der Waals surface area contributed by atoms with Gasteiger partial charge in [-0.1, -0.05) is 69.3 Å². The summed E-state index contributed by atoms with van der Waals surface area (Å²) >= 11 is 0. The van der Waals surface area contributed by atoms with Crippen LogP contribution in [0, 0.1) is 0 Å². The molecule has 0 N–H and O–H groups in total. The molecule has 0 bridgehead atoms. The molecule has 0 aliphatic heterocycles. The summed E-state index contributed by atoms with van der Waals surface area (Å²) in [5.41, 5.74) is 3.02. The third kappa shape index (κ3) is 6.04. The van der Waals surface area contributed by atoms with Crippen LogP contribution in [-0.4, -0.2) is 12.1 Å². The van der Waals surface area contributed by atoms with E-state index in [1.54, 1.807) is 0 Å². The molecule has 2 heteroatoms. The zero-order chi connectivity index (χ0) is 18.3. The molecule has 134 valence electrons. The van der Waals surface area contributed by atoms with E-state index in [1.165, 1.54) is 5.56 Å². The SMILES string of the molecule is CC(CCCCc1ccccc1)OC(=O)c1ccccc1C(C)(C)C. The molecule has 0 fully saturated rings. The van der Waals surface area contributed by atoms with Crippen molar-refractivity contribution in [3.63, 3.8) is 0 Å². The van der Waals surface area contributed by atoms with Crippen LogP contribution in [0.1, 0.15) is 68.4 Å². The first-order chi connectivity index (χ1) is 11.9. The number of unbranched alkanes of at least 4 members (excludes halogenated alkanes) is 1. The van der Waals surface area contributed by atoms with Gasteiger partial charge in [-0.15, -0.1) is 0 Å². The van der Waals surface area contributed by atoms with E-state index in [0.29, 0.717) is 5.56 Å². The van der Waals surface area contributed by atoms with Crippen LogP contribution in [0.3, 0.4) is 0 Å². The monoisotopic (exact) mass is 338 g/mol. The fourth-order valence-corrected chi connectivity index (χ4v) is 3.03. The van der Waals surface area contributed by atoms with E-state index < -0.39 is 0 Å². The Morgan fingerprint density at radius 1 is 0.960 bits per heavy atom. The Morgan fingerprint density at radius 2 is 1.60 bits per heavy atom. The number of esters is 1. The van der Waals surface area contributed by atoms with Crippen LogP contribution in [0.2, 0.25) is 0 Å². The van der Waals surface area contributed by atoms with Crippen molar-refractivity contribution in [1.82, 2.24) is 0 Å². The van der Waals surface area contributed by atoms with Gasteiger partial charge >= 0.3 is 5.97 Å². The lowest BCUT2D eigenvalue weighted by Crippen LogP contribution is -2.21. The van der Waals surface area contributed by atoms with E-state index in [2.05, 4.69) is 45.0 Å². The van der Waals surface area contributed by atoms with Crippen LogP contribution in [-0.2, 0) is 16.6 Å². The molecule has 2 rings (SSSR count). The van der Waals surface area contributed by atoms with Crippen molar-refractivity contribution in [2.45, 2.75) is 64.9 Å². The first-order valence-corrected chi connectivity index (χ1v) is 9.22. The molecule has 0 aliphatic rings. The van der Waals surface area contributed by atoms with Gasteiger partial charge in [-0.25, -0.2) is 4.79 Å². The fourth-order valence-electron chi connectivity index (χ4n) is 3.03. The first-order valence-electron chi connectivity index (χ1n) is 9.22. The molecule has 0 saturated carbocycles. The largest absolute Gasteiger partial charge is 0.459 e. The first kappa shape index (κ1) is 19.2. The van der Waals surface area contributed by atoms with Crippen molar-refractivity contribution >= 4 is 5.97 Å². The number of benzene rings is 2. The van der Waals surface area contributed by atoms with Gasteiger partial charge in [-0.05, 0) is 55.2 Å². The molecule has 1 unspecified atom stereocenters. The molecule has 25 heavy (non-hydrogen) atoms. The Kier molecular flexibility index (Phi) is 6.81. The van der Waals surface area contributed by atoms with Crippen LogP contribution in [0.25, 0.3) is 0 Å². The van der Waals surface area contributed by atoms with E-state index >= 15 is 0 Å². The number of carbonyl (C=O) groups is 1. The summed E-state index contributed by atoms with van der Waals surface area (Å²) in [5.74, 6) is -0.207. The number of carbonyl (C=O) groups excluding carboxylic acids is 1. The van der Waals surface area contributed by atoms with Gasteiger partial charge in [0.1, 0.15) is 0 Å². The smallest absolute Gasteiger partial charge is 0.338 e. The van der Waals surface area contributed by atoms with Crippen LogP contribution < -0.4 is 0 Å². The van der Waals surface area contributed by atoms with Gasteiger partial charge in [0.25, 0.3) is 0 Å². The average molecular weight is 338 g/mol. The summed E-state index contributed by atoms with van der Waals surface area (Å²) in [4.78, 5) is 12.6. The second-order valence-corrected chi connectivity index (χ2v) is 7.74. The molecule has 2 aromatic rings. The van der Waals surface area contributed by atoms with Gasteiger partial charge in [-0.3, -0.25) is 0 Å². The van der Waals surface area contributed by atoms with E-state index in [4.69, 9.17) is 4.74 Å². The maximum Gasteiger partial charge on any atom is 0.338 e. The summed E-state index contributed by atoms with van der Waals surface area (Å²) in [6, 6.07) is 18.3. The minimum atomic E-state index is -0.207. The molecule has 0 amide bonds. The van der Waals surface area contributed by atoms with Gasteiger partial charge in [0.05, 0.1) is 11.7 Å². The van der Waals surface area contributed by atoms with E-state index in [0.717, 1.165) is 31.2 Å². The topological polar surface area (TPSA) is 26.3 Å². The van der Waals surface area contributed by atoms with Gasteiger partial charge < -0.3 is 4.74 Å². The molecule has 2 aromatic carbocycles. The minimum absolute atomic E-state index is 0.0590. The third-order valence-electron chi connectivity index (χ3n) is 4.43. The second-order valence-electron chi connectivity index (χ2n) is 7.74. The number of hydrogen-bond acceptors (Lipinski definition) is 2. The molecule has 0 spiro atoms. The average Bonchev–Trinajstić information content (AvgIpc) is 2.59. The molecule has 2 nitrogen and oxygen atoms in total. The lowest BCUT2D eigenvalue weighted by Gasteiger charge is -2.23. The van der Waals surface area contributed by atoms with E-state index in [-0.39, 0.29) is 17.5 Å². The highest BCUT2D eigenvalue weighted by Crippen LogP contribution is 2.26. The molecule has 0 aromatic heterocycles. The van der Waals surface area contributed by atoms with Crippen molar-refractivity contribution in [3.05, 3.63) is 71.3 Å². The summed E-state index contributed by atoms with van der Waals surface area (Å²) in [6.07, 6.45) is 4.09. The Morgan fingerprint density at radius 3 is 2.28 bits per heavy atom. The van der Waals surface area contributed by atoms with Crippen molar-refractivity contribution in [3.8, 4) is 0 Å². The second kappa shape index (κ2) is 8.84. The van der Waals surface area contributed by atoms with Gasteiger partial charge in [0.2, 0.25) is 0 Å². The summed E-state index contributed by atoms with van der Waals surface area (Å²) in [6.45, 7) is 8.34. The Bertz CT molecular complexity index is 668. The number of ether oxygens (including phenoxy) is 1. The van der Waals surface area contributed by atoms with Crippen molar-refractivity contribution in [2.75, 3.05) is 0 Å². The minimum Gasteiger partial charge on any atom is -0.459 e. The van der Waals surface area contributed by atoms with Crippen LogP contribution in [0.15, 0.2) is 54.6 Å². The molecule has 0 heterocycles. The van der Waals surface area contributed by atoms with Crippen LogP contribution >= 0.6 is 0 Å².